The van der Waals surface area contributed by atoms with Crippen LogP contribution in [-0.4, -0.2) is 22.7 Å². The molecule has 30 heavy (non-hydrogen) atoms. The Bertz CT molecular complexity index is 1170. The first-order valence-corrected chi connectivity index (χ1v) is 9.77. The Morgan fingerprint density at radius 3 is 2.20 bits per heavy atom. The van der Waals surface area contributed by atoms with Crippen LogP contribution in [0.1, 0.15) is 13.8 Å². The predicted octanol–water partition coefficient (Wildman–Crippen LogP) is 5.40. The van der Waals surface area contributed by atoms with E-state index in [-0.39, 0.29) is 5.91 Å². The maximum atomic E-state index is 11.2. The van der Waals surface area contributed by atoms with Gasteiger partial charge in [-0.05, 0) is 55.5 Å². The summed E-state index contributed by atoms with van der Waals surface area (Å²) in [6.07, 6.45) is 0. The van der Waals surface area contributed by atoms with E-state index in [2.05, 4.69) is 20.8 Å². The van der Waals surface area contributed by atoms with Gasteiger partial charge >= 0.3 is 0 Å². The Kier molecular flexibility index (Phi) is 5.57. The standard InChI is InChI=1S/C24H22N4O2/c1-3-30-20-14-8-17(9-15-20)23-21-6-4-5-7-22(21)24(28-27-23)26-19-12-10-18(11-13-19)25-16(2)29/h4-15H,3H2,1-2H3,(H,25,29)(H,26,28). The molecule has 1 amide bonds. The molecule has 0 unspecified atom stereocenters. The van der Waals surface area contributed by atoms with Gasteiger partial charge < -0.3 is 15.4 Å². The van der Waals surface area contributed by atoms with Crippen molar-refractivity contribution < 1.29 is 9.53 Å². The van der Waals surface area contributed by atoms with Gasteiger partial charge in [-0.1, -0.05) is 24.3 Å². The van der Waals surface area contributed by atoms with Crippen molar-refractivity contribution in [1.29, 1.82) is 0 Å². The van der Waals surface area contributed by atoms with E-state index < -0.39 is 0 Å². The smallest absolute Gasteiger partial charge is 0.221 e. The van der Waals surface area contributed by atoms with Crippen LogP contribution in [-0.2, 0) is 4.79 Å². The topological polar surface area (TPSA) is 76.1 Å². The Morgan fingerprint density at radius 2 is 1.53 bits per heavy atom. The van der Waals surface area contributed by atoms with Crippen LogP contribution < -0.4 is 15.4 Å². The van der Waals surface area contributed by atoms with Gasteiger partial charge in [0.05, 0.1) is 6.61 Å². The Hall–Kier alpha value is -3.93. The maximum absolute atomic E-state index is 11.2. The summed E-state index contributed by atoms with van der Waals surface area (Å²) in [6.45, 7) is 4.08. The number of anilines is 3. The van der Waals surface area contributed by atoms with Gasteiger partial charge in [0.2, 0.25) is 5.91 Å². The summed E-state index contributed by atoms with van der Waals surface area (Å²) in [5, 5.41) is 17.0. The number of carbonyl (C=O) groups is 1. The SMILES string of the molecule is CCOc1ccc(-c2nnc(Nc3ccc(NC(C)=O)cc3)c3ccccc23)cc1. The van der Waals surface area contributed by atoms with E-state index >= 15 is 0 Å². The maximum Gasteiger partial charge on any atom is 0.221 e. The van der Waals surface area contributed by atoms with Crippen molar-refractivity contribution in [2.45, 2.75) is 13.8 Å². The number of aromatic nitrogens is 2. The van der Waals surface area contributed by atoms with E-state index in [0.29, 0.717) is 12.4 Å². The number of hydrogen-bond donors (Lipinski definition) is 2. The first-order chi connectivity index (χ1) is 14.6. The van der Waals surface area contributed by atoms with Crippen LogP contribution in [0.3, 0.4) is 0 Å². The molecule has 0 bridgehead atoms. The molecular formula is C24H22N4O2. The summed E-state index contributed by atoms with van der Waals surface area (Å²) < 4.78 is 5.53. The van der Waals surface area contributed by atoms with E-state index in [0.717, 1.165) is 39.2 Å². The van der Waals surface area contributed by atoms with Crippen molar-refractivity contribution in [2.24, 2.45) is 0 Å². The number of fused-ring (bicyclic) bond motifs is 1. The zero-order valence-corrected chi connectivity index (χ0v) is 16.8. The number of carbonyl (C=O) groups excluding carboxylic acids is 1. The lowest BCUT2D eigenvalue weighted by molar-refractivity contribution is -0.114. The molecule has 0 atom stereocenters. The molecule has 6 heteroatoms. The Morgan fingerprint density at radius 1 is 0.867 bits per heavy atom. The van der Waals surface area contributed by atoms with E-state index in [1.807, 2.05) is 79.7 Å². The average Bonchev–Trinajstić information content (AvgIpc) is 2.76. The number of amides is 1. The molecule has 0 radical (unpaired) electrons. The van der Waals surface area contributed by atoms with Gasteiger partial charge in [-0.15, -0.1) is 10.2 Å². The monoisotopic (exact) mass is 398 g/mol. The number of rotatable bonds is 6. The number of hydrogen-bond acceptors (Lipinski definition) is 5. The van der Waals surface area contributed by atoms with Crippen molar-refractivity contribution in [2.75, 3.05) is 17.2 Å². The van der Waals surface area contributed by atoms with Crippen molar-refractivity contribution in [1.82, 2.24) is 10.2 Å². The summed E-state index contributed by atoms with van der Waals surface area (Å²) in [6, 6.07) is 23.4. The first-order valence-electron chi connectivity index (χ1n) is 9.77. The molecule has 0 saturated carbocycles. The number of benzene rings is 3. The van der Waals surface area contributed by atoms with Gasteiger partial charge in [0.15, 0.2) is 5.82 Å². The van der Waals surface area contributed by atoms with Crippen LogP contribution in [0.5, 0.6) is 5.75 Å². The summed E-state index contributed by atoms with van der Waals surface area (Å²) >= 11 is 0. The third-order valence-corrected chi connectivity index (χ3v) is 4.59. The highest BCUT2D eigenvalue weighted by atomic mass is 16.5. The quantitative estimate of drug-likeness (QED) is 0.455. The molecule has 3 aromatic carbocycles. The highest BCUT2D eigenvalue weighted by molar-refractivity contribution is 6.01. The van der Waals surface area contributed by atoms with Crippen LogP contribution in [0.15, 0.2) is 72.8 Å². The second-order valence-electron chi connectivity index (χ2n) is 6.78. The van der Waals surface area contributed by atoms with Crippen molar-refractivity contribution in [3.63, 3.8) is 0 Å². The molecule has 0 aliphatic heterocycles. The van der Waals surface area contributed by atoms with Gasteiger partial charge in [-0.2, -0.15) is 0 Å². The minimum absolute atomic E-state index is 0.0996. The fraction of sp³-hybridized carbons (Fsp3) is 0.125. The van der Waals surface area contributed by atoms with Crippen LogP contribution in [0, 0.1) is 0 Å². The summed E-state index contributed by atoms with van der Waals surface area (Å²) in [4.78, 5) is 11.2. The summed E-state index contributed by atoms with van der Waals surface area (Å²) in [5.74, 6) is 1.41. The number of nitrogens with one attached hydrogen (secondary N) is 2. The fourth-order valence-electron chi connectivity index (χ4n) is 3.26. The zero-order chi connectivity index (χ0) is 20.9. The molecule has 0 aliphatic carbocycles. The number of ether oxygens (including phenoxy) is 1. The average molecular weight is 398 g/mol. The Labute approximate surface area is 174 Å². The van der Waals surface area contributed by atoms with Crippen molar-refractivity contribution >= 4 is 33.9 Å². The fourth-order valence-corrected chi connectivity index (χ4v) is 3.26. The van der Waals surface area contributed by atoms with Gasteiger partial charge in [0.1, 0.15) is 11.4 Å². The summed E-state index contributed by atoms with van der Waals surface area (Å²) in [7, 11) is 0. The molecule has 0 fully saturated rings. The van der Waals surface area contributed by atoms with Gasteiger partial charge in [-0.3, -0.25) is 4.79 Å². The molecule has 0 aliphatic rings. The molecule has 4 rings (SSSR count). The molecule has 150 valence electrons. The van der Waals surface area contributed by atoms with Crippen LogP contribution in [0.2, 0.25) is 0 Å². The van der Waals surface area contributed by atoms with Gasteiger partial charge in [-0.25, -0.2) is 0 Å². The molecule has 6 nitrogen and oxygen atoms in total. The van der Waals surface area contributed by atoms with E-state index in [1.165, 1.54) is 6.92 Å². The van der Waals surface area contributed by atoms with Crippen molar-refractivity contribution in [3.05, 3.63) is 72.8 Å². The predicted molar refractivity (Wildman–Crippen MR) is 120 cm³/mol. The highest BCUT2D eigenvalue weighted by Gasteiger charge is 2.11. The normalized spacial score (nSPS) is 10.6. The molecule has 2 N–H and O–H groups in total. The van der Waals surface area contributed by atoms with Crippen molar-refractivity contribution in [3.8, 4) is 17.0 Å². The minimum Gasteiger partial charge on any atom is -0.494 e. The van der Waals surface area contributed by atoms with Gasteiger partial charge in [0, 0.05) is 34.6 Å². The molecule has 0 spiro atoms. The molecule has 1 aromatic heterocycles. The summed E-state index contributed by atoms with van der Waals surface area (Å²) in [5.41, 5.74) is 3.40. The van der Waals surface area contributed by atoms with E-state index in [4.69, 9.17) is 4.74 Å². The lowest BCUT2D eigenvalue weighted by Gasteiger charge is -2.12. The van der Waals surface area contributed by atoms with E-state index in [9.17, 15) is 4.79 Å². The highest BCUT2D eigenvalue weighted by Crippen LogP contribution is 2.32. The third kappa shape index (κ3) is 4.22. The largest absolute Gasteiger partial charge is 0.494 e. The van der Waals surface area contributed by atoms with E-state index in [1.54, 1.807) is 0 Å². The van der Waals surface area contributed by atoms with Crippen LogP contribution >= 0.6 is 0 Å². The second-order valence-corrected chi connectivity index (χ2v) is 6.78. The Balaban J connectivity index is 1.66. The lowest BCUT2D eigenvalue weighted by atomic mass is 10.0. The third-order valence-electron chi connectivity index (χ3n) is 4.59. The van der Waals surface area contributed by atoms with Crippen LogP contribution in [0.25, 0.3) is 22.0 Å². The molecular weight excluding hydrogens is 376 g/mol. The minimum atomic E-state index is -0.0996. The molecule has 1 heterocycles. The molecule has 0 saturated heterocycles. The van der Waals surface area contributed by atoms with Crippen LogP contribution in [0.4, 0.5) is 17.2 Å². The lowest BCUT2D eigenvalue weighted by Crippen LogP contribution is -2.05. The second kappa shape index (κ2) is 8.61. The molecule has 4 aromatic rings. The number of nitrogens with zero attached hydrogens (tertiary/aromatic N) is 2. The zero-order valence-electron chi connectivity index (χ0n) is 16.8. The first kappa shape index (κ1) is 19.4. The van der Waals surface area contributed by atoms with Gasteiger partial charge in [0.25, 0.3) is 0 Å².